The second-order valence-corrected chi connectivity index (χ2v) is 5.03. The predicted molar refractivity (Wildman–Crippen MR) is 63.4 cm³/mol. The van der Waals surface area contributed by atoms with Crippen LogP contribution in [0.4, 0.5) is 0 Å². The summed E-state index contributed by atoms with van der Waals surface area (Å²) in [5.74, 6) is 2.77. The molecule has 3 unspecified atom stereocenters. The second-order valence-electron chi connectivity index (χ2n) is 5.03. The van der Waals surface area contributed by atoms with Gasteiger partial charge in [-0.25, -0.2) is 0 Å². The van der Waals surface area contributed by atoms with Gasteiger partial charge in [0.25, 0.3) is 0 Å². The van der Waals surface area contributed by atoms with Crippen molar-refractivity contribution in [2.24, 2.45) is 17.8 Å². The van der Waals surface area contributed by atoms with Gasteiger partial charge in [-0.15, -0.1) is 6.58 Å². The van der Waals surface area contributed by atoms with Crippen molar-refractivity contribution in [1.29, 1.82) is 0 Å². The fourth-order valence-electron chi connectivity index (χ4n) is 3.19. The molecule has 0 spiro atoms. The highest BCUT2D eigenvalue weighted by atomic mass is 14.9. The standard InChI is InChI=1S/C13H23N.H2/c1-2-11-5-3-6-12(9-11)13-7-4-8-14-10-13;/h2,11-14H,1,3-10H2;1H. The molecule has 3 atom stereocenters. The predicted octanol–water partition coefficient (Wildman–Crippen LogP) is 3.22. The van der Waals surface area contributed by atoms with Gasteiger partial charge in [-0.3, -0.25) is 0 Å². The first-order valence-corrected chi connectivity index (χ1v) is 6.23. The maximum Gasteiger partial charge on any atom is 0 e. The third-order valence-corrected chi connectivity index (χ3v) is 4.09. The Bertz CT molecular complexity index is 187. The average molecular weight is 195 g/mol. The Balaban J connectivity index is 0.00000112. The Morgan fingerprint density at radius 3 is 2.71 bits per heavy atom. The van der Waals surface area contributed by atoms with E-state index in [0.717, 1.165) is 17.8 Å². The highest BCUT2D eigenvalue weighted by Crippen LogP contribution is 2.36. The lowest BCUT2D eigenvalue weighted by atomic mass is 9.73. The molecule has 1 N–H and O–H groups in total. The second kappa shape index (κ2) is 4.97. The van der Waals surface area contributed by atoms with Crippen LogP contribution in [0.2, 0.25) is 0 Å². The molecule has 0 bridgehead atoms. The molecule has 1 saturated carbocycles. The SMILES string of the molecule is C=CC1CCCC(C2CCCNC2)C1.[HH]. The summed E-state index contributed by atoms with van der Waals surface area (Å²) >= 11 is 0. The van der Waals surface area contributed by atoms with Crippen LogP contribution in [-0.4, -0.2) is 13.1 Å². The first-order chi connectivity index (χ1) is 6.90. The van der Waals surface area contributed by atoms with Crippen LogP contribution in [0.25, 0.3) is 0 Å². The van der Waals surface area contributed by atoms with Crippen molar-refractivity contribution >= 4 is 0 Å². The Morgan fingerprint density at radius 2 is 2.00 bits per heavy atom. The van der Waals surface area contributed by atoms with E-state index >= 15 is 0 Å². The zero-order valence-electron chi connectivity index (χ0n) is 9.17. The number of hydrogen-bond acceptors (Lipinski definition) is 1. The first kappa shape index (κ1) is 10.2. The van der Waals surface area contributed by atoms with Crippen molar-refractivity contribution in [1.82, 2.24) is 5.32 Å². The lowest BCUT2D eigenvalue weighted by Crippen LogP contribution is -2.35. The topological polar surface area (TPSA) is 12.0 Å². The lowest BCUT2D eigenvalue weighted by Gasteiger charge is -2.35. The van der Waals surface area contributed by atoms with Crippen LogP contribution in [-0.2, 0) is 0 Å². The maximum atomic E-state index is 3.95. The summed E-state index contributed by atoms with van der Waals surface area (Å²) in [5.41, 5.74) is 0. The summed E-state index contributed by atoms with van der Waals surface area (Å²) in [4.78, 5) is 0. The smallest absolute Gasteiger partial charge is 0 e. The Kier molecular flexibility index (Phi) is 3.63. The molecule has 14 heavy (non-hydrogen) atoms. The van der Waals surface area contributed by atoms with Crippen LogP contribution in [0.5, 0.6) is 0 Å². The van der Waals surface area contributed by atoms with Gasteiger partial charge in [-0.2, -0.15) is 0 Å². The molecule has 1 aliphatic carbocycles. The van der Waals surface area contributed by atoms with Crippen LogP contribution in [0, 0.1) is 17.8 Å². The minimum atomic E-state index is 0. The van der Waals surface area contributed by atoms with E-state index in [1.807, 2.05) is 0 Å². The van der Waals surface area contributed by atoms with E-state index in [0.29, 0.717) is 0 Å². The molecule has 0 aromatic carbocycles. The highest BCUT2D eigenvalue weighted by molar-refractivity contribution is 4.88. The number of nitrogens with one attached hydrogen (secondary N) is 1. The summed E-state index contributed by atoms with van der Waals surface area (Å²) in [6, 6.07) is 0. The minimum absolute atomic E-state index is 0. The van der Waals surface area contributed by atoms with Crippen molar-refractivity contribution in [2.45, 2.75) is 38.5 Å². The Hall–Kier alpha value is -0.300. The minimum Gasteiger partial charge on any atom is -0.316 e. The third-order valence-electron chi connectivity index (χ3n) is 4.09. The van der Waals surface area contributed by atoms with E-state index in [2.05, 4.69) is 18.0 Å². The molecule has 2 aliphatic rings. The van der Waals surface area contributed by atoms with Crippen LogP contribution >= 0.6 is 0 Å². The molecule has 2 rings (SSSR count). The summed E-state index contributed by atoms with van der Waals surface area (Å²) < 4.78 is 0. The monoisotopic (exact) mass is 195 g/mol. The van der Waals surface area contributed by atoms with Crippen LogP contribution in [0.1, 0.15) is 40.0 Å². The molecule has 0 radical (unpaired) electrons. The molecule has 1 heteroatoms. The van der Waals surface area contributed by atoms with Gasteiger partial charge in [0.15, 0.2) is 0 Å². The Morgan fingerprint density at radius 1 is 1.14 bits per heavy atom. The number of piperidine rings is 1. The maximum absolute atomic E-state index is 3.95. The van der Waals surface area contributed by atoms with Crippen molar-refractivity contribution < 1.29 is 1.43 Å². The molecule has 0 amide bonds. The molecule has 1 nitrogen and oxygen atoms in total. The molecule has 0 aromatic rings. The highest BCUT2D eigenvalue weighted by Gasteiger charge is 2.27. The van der Waals surface area contributed by atoms with E-state index in [-0.39, 0.29) is 1.43 Å². The van der Waals surface area contributed by atoms with Crippen LogP contribution < -0.4 is 5.32 Å². The molecular formula is C13H25N. The van der Waals surface area contributed by atoms with Crippen molar-refractivity contribution in [3.05, 3.63) is 12.7 Å². The van der Waals surface area contributed by atoms with E-state index in [4.69, 9.17) is 0 Å². The van der Waals surface area contributed by atoms with Gasteiger partial charge in [0.2, 0.25) is 0 Å². The summed E-state index contributed by atoms with van der Waals surface area (Å²) in [6.07, 6.45) is 10.7. The van der Waals surface area contributed by atoms with Gasteiger partial charge >= 0.3 is 0 Å². The molecule has 0 aromatic heterocycles. The normalized spacial score (nSPS) is 39.3. The third kappa shape index (κ3) is 2.38. The van der Waals surface area contributed by atoms with Crippen molar-refractivity contribution in [3.8, 4) is 0 Å². The van der Waals surface area contributed by atoms with Crippen molar-refractivity contribution in [2.75, 3.05) is 13.1 Å². The van der Waals surface area contributed by atoms with E-state index in [9.17, 15) is 0 Å². The molecular weight excluding hydrogens is 170 g/mol. The molecule has 1 saturated heterocycles. The van der Waals surface area contributed by atoms with Gasteiger partial charge in [0, 0.05) is 1.43 Å². The van der Waals surface area contributed by atoms with Crippen molar-refractivity contribution in [3.63, 3.8) is 0 Å². The van der Waals surface area contributed by atoms with E-state index in [1.54, 1.807) is 0 Å². The van der Waals surface area contributed by atoms with Crippen LogP contribution in [0.15, 0.2) is 12.7 Å². The van der Waals surface area contributed by atoms with E-state index in [1.165, 1.54) is 51.6 Å². The zero-order chi connectivity index (χ0) is 9.80. The molecule has 1 heterocycles. The summed E-state index contributed by atoms with van der Waals surface area (Å²) in [7, 11) is 0. The zero-order valence-corrected chi connectivity index (χ0v) is 9.17. The summed E-state index contributed by atoms with van der Waals surface area (Å²) in [5, 5.41) is 3.54. The van der Waals surface area contributed by atoms with Gasteiger partial charge in [0.05, 0.1) is 0 Å². The van der Waals surface area contributed by atoms with Gasteiger partial charge in [-0.05, 0) is 56.5 Å². The quantitative estimate of drug-likeness (QED) is 0.667. The average Bonchev–Trinajstić information content (AvgIpc) is 2.30. The molecule has 1 aliphatic heterocycles. The Labute approximate surface area is 89.5 Å². The number of hydrogen-bond donors (Lipinski definition) is 1. The van der Waals surface area contributed by atoms with Crippen LogP contribution in [0.3, 0.4) is 0 Å². The molecule has 82 valence electrons. The largest absolute Gasteiger partial charge is 0.316 e. The number of allylic oxidation sites excluding steroid dienone is 1. The fourth-order valence-corrected chi connectivity index (χ4v) is 3.19. The fraction of sp³-hybridized carbons (Fsp3) is 0.846. The van der Waals surface area contributed by atoms with Gasteiger partial charge in [0.1, 0.15) is 0 Å². The first-order valence-electron chi connectivity index (χ1n) is 6.23. The lowest BCUT2D eigenvalue weighted by molar-refractivity contribution is 0.185. The molecule has 2 fully saturated rings. The van der Waals surface area contributed by atoms with Gasteiger partial charge < -0.3 is 5.32 Å². The van der Waals surface area contributed by atoms with Gasteiger partial charge in [-0.1, -0.05) is 18.9 Å². The number of rotatable bonds is 2. The van der Waals surface area contributed by atoms with E-state index < -0.39 is 0 Å². The summed E-state index contributed by atoms with van der Waals surface area (Å²) in [6.45, 7) is 6.46.